The van der Waals surface area contributed by atoms with Gasteiger partial charge in [-0.3, -0.25) is 5.32 Å². The van der Waals surface area contributed by atoms with E-state index in [4.69, 9.17) is 9.47 Å². The van der Waals surface area contributed by atoms with Crippen LogP contribution in [-0.2, 0) is 4.74 Å². The molecule has 0 radical (unpaired) electrons. The first kappa shape index (κ1) is 22.1. The molecule has 0 bridgehead atoms. The molecule has 1 rings (SSSR count). The molecule has 0 saturated carbocycles. The standard InChI is InChI=1S/C19H22F3NO4/c1-5-15(10-9-13(2)3)23-18(24)26-14(4)12-25-16-7-6-8-17(11-16)27-19(20,21)22/h5-11,14H,2,12H2,1,3-4H3,(H,23,24)/b10-9-,15-5+. The molecule has 0 heterocycles. The number of alkyl halides is 3. The van der Waals surface area contributed by atoms with Crippen LogP contribution in [0, 0.1) is 0 Å². The minimum atomic E-state index is -4.78. The van der Waals surface area contributed by atoms with Gasteiger partial charge in [0.05, 0.1) is 0 Å². The number of nitrogens with one attached hydrogen (secondary N) is 1. The zero-order valence-corrected chi connectivity index (χ0v) is 15.3. The molecule has 27 heavy (non-hydrogen) atoms. The van der Waals surface area contributed by atoms with Gasteiger partial charge in [-0.05, 0) is 39.0 Å². The average molecular weight is 385 g/mol. The van der Waals surface area contributed by atoms with E-state index >= 15 is 0 Å². The number of carbonyl (C=O) groups is 1. The van der Waals surface area contributed by atoms with Gasteiger partial charge in [0, 0.05) is 11.8 Å². The van der Waals surface area contributed by atoms with Crippen LogP contribution in [0.3, 0.4) is 0 Å². The maximum atomic E-state index is 12.2. The number of ether oxygens (including phenoxy) is 3. The SMILES string of the molecule is C=C(C)/C=C\C(=C/C)NC(=O)OC(C)COc1cccc(OC(F)(F)F)c1. The summed E-state index contributed by atoms with van der Waals surface area (Å²) < 4.78 is 51.0. The summed E-state index contributed by atoms with van der Waals surface area (Å²) in [6, 6.07) is 5.09. The molecule has 5 nitrogen and oxygen atoms in total. The average Bonchev–Trinajstić information content (AvgIpc) is 2.55. The summed E-state index contributed by atoms with van der Waals surface area (Å²) >= 11 is 0. The second kappa shape index (κ2) is 10.3. The number of hydrogen-bond acceptors (Lipinski definition) is 4. The fourth-order valence-electron chi connectivity index (χ4n) is 1.78. The van der Waals surface area contributed by atoms with Gasteiger partial charge in [-0.1, -0.05) is 30.4 Å². The van der Waals surface area contributed by atoms with Crippen molar-refractivity contribution >= 4 is 6.09 Å². The van der Waals surface area contributed by atoms with Crippen LogP contribution in [0.25, 0.3) is 0 Å². The minimum absolute atomic E-state index is 0.0460. The molecular weight excluding hydrogens is 363 g/mol. The third-order valence-corrected chi connectivity index (χ3v) is 2.94. The predicted octanol–water partition coefficient (Wildman–Crippen LogP) is 5.11. The van der Waals surface area contributed by atoms with Crippen LogP contribution in [0.1, 0.15) is 20.8 Å². The van der Waals surface area contributed by atoms with Gasteiger partial charge in [0.25, 0.3) is 0 Å². The van der Waals surface area contributed by atoms with Crippen LogP contribution in [0.2, 0.25) is 0 Å². The van der Waals surface area contributed by atoms with E-state index in [1.165, 1.54) is 12.1 Å². The van der Waals surface area contributed by atoms with Gasteiger partial charge in [0.15, 0.2) is 0 Å². The Morgan fingerprint density at radius 3 is 2.56 bits per heavy atom. The zero-order valence-electron chi connectivity index (χ0n) is 15.3. The number of allylic oxidation sites excluding steroid dienone is 4. The molecule has 0 aliphatic heterocycles. The molecular formula is C19H22F3NO4. The number of hydrogen-bond donors (Lipinski definition) is 1. The van der Waals surface area contributed by atoms with E-state index in [1.807, 2.05) is 6.92 Å². The Labute approximate surface area is 156 Å². The normalized spacial score (nSPS) is 13.2. The maximum absolute atomic E-state index is 12.2. The van der Waals surface area contributed by atoms with Gasteiger partial charge < -0.3 is 14.2 Å². The van der Waals surface area contributed by atoms with Gasteiger partial charge in [-0.2, -0.15) is 0 Å². The van der Waals surface area contributed by atoms with Crippen molar-refractivity contribution < 1.29 is 32.2 Å². The third kappa shape index (κ3) is 9.98. The van der Waals surface area contributed by atoms with Crippen molar-refractivity contribution in [2.75, 3.05) is 6.61 Å². The van der Waals surface area contributed by atoms with Crippen LogP contribution in [-0.4, -0.2) is 25.2 Å². The van der Waals surface area contributed by atoms with Crippen LogP contribution < -0.4 is 14.8 Å². The van der Waals surface area contributed by atoms with E-state index in [0.29, 0.717) is 5.70 Å². The van der Waals surface area contributed by atoms with Gasteiger partial charge in [0.2, 0.25) is 0 Å². The van der Waals surface area contributed by atoms with Crippen molar-refractivity contribution in [2.45, 2.75) is 33.2 Å². The first-order chi connectivity index (χ1) is 12.6. The Kier molecular flexibility index (Phi) is 8.44. The summed E-state index contributed by atoms with van der Waals surface area (Å²) in [6.07, 6.45) is -1.00. The van der Waals surface area contributed by atoms with Crippen molar-refractivity contribution in [2.24, 2.45) is 0 Å². The summed E-state index contributed by atoms with van der Waals surface area (Å²) in [4.78, 5) is 11.9. The lowest BCUT2D eigenvalue weighted by Crippen LogP contribution is -2.29. The lowest BCUT2D eigenvalue weighted by Gasteiger charge is -2.16. The summed E-state index contributed by atoms with van der Waals surface area (Å²) in [7, 11) is 0. The molecule has 0 spiro atoms. The van der Waals surface area contributed by atoms with Crippen LogP contribution in [0.4, 0.5) is 18.0 Å². The number of halogens is 3. The smallest absolute Gasteiger partial charge is 0.490 e. The molecule has 1 aromatic rings. The van der Waals surface area contributed by atoms with Gasteiger partial charge >= 0.3 is 12.5 Å². The summed E-state index contributed by atoms with van der Waals surface area (Å²) in [6.45, 7) is 8.83. The van der Waals surface area contributed by atoms with Gasteiger partial charge in [-0.25, -0.2) is 4.79 Å². The minimum Gasteiger partial charge on any atom is -0.490 e. The molecule has 1 atom stereocenters. The number of benzene rings is 1. The Hall–Kier alpha value is -2.90. The highest BCUT2D eigenvalue weighted by molar-refractivity contribution is 5.70. The summed E-state index contributed by atoms with van der Waals surface area (Å²) in [5.41, 5.74) is 1.36. The Bertz CT molecular complexity index is 711. The lowest BCUT2D eigenvalue weighted by atomic mass is 10.3. The highest BCUT2D eigenvalue weighted by atomic mass is 19.4. The van der Waals surface area contributed by atoms with E-state index in [1.54, 1.807) is 32.1 Å². The van der Waals surface area contributed by atoms with E-state index in [-0.39, 0.29) is 12.4 Å². The summed E-state index contributed by atoms with van der Waals surface area (Å²) in [5, 5.41) is 2.56. The topological polar surface area (TPSA) is 56.8 Å². The van der Waals surface area contributed by atoms with Crippen LogP contribution in [0.5, 0.6) is 11.5 Å². The first-order valence-corrected chi connectivity index (χ1v) is 8.05. The number of rotatable bonds is 8. The second-order valence-corrected chi connectivity index (χ2v) is 5.60. The fraction of sp³-hybridized carbons (Fsp3) is 0.316. The molecule has 1 unspecified atom stereocenters. The number of amides is 1. The molecule has 0 aromatic heterocycles. The summed E-state index contributed by atoms with van der Waals surface area (Å²) in [5.74, 6) is -0.237. The predicted molar refractivity (Wildman–Crippen MR) is 95.4 cm³/mol. The van der Waals surface area contributed by atoms with Crippen molar-refractivity contribution in [3.05, 3.63) is 60.3 Å². The van der Waals surface area contributed by atoms with Crippen molar-refractivity contribution in [1.82, 2.24) is 5.32 Å². The first-order valence-electron chi connectivity index (χ1n) is 8.05. The molecule has 0 aliphatic rings. The van der Waals surface area contributed by atoms with E-state index in [2.05, 4.69) is 16.6 Å². The maximum Gasteiger partial charge on any atom is 0.573 e. The zero-order chi connectivity index (χ0) is 20.4. The molecule has 8 heteroatoms. The highest BCUT2D eigenvalue weighted by Crippen LogP contribution is 2.26. The van der Waals surface area contributed by atoms with Crippen molar-refractivity contribution in [3.8, 4) is 11.5 Å². The third-order valence-electron chi connectivity index (χ3n) is 2.94. The molecule has 1 amide bonds. The second-order valence-electron chi connectivity index (χ2n) is 5.60. The molecule has 0 fully saturated rings. The molecule has 148 valence electrons. The Balaban J connectivity index is 2.51. The Morgan fingerprint density at radius 1 is 1.30 bits per heavy atom. The van der Waals surface area contributed by atoms with Gasteiger partial charge in [-0.15, -0.1) is 13.2 Å². The lowest BCUT2D eigenvalue weighted by molar-refractivity contribution is -0.274. The van der Waals surface area contributed by atoms with Crippen LogP contribution >= 0.6 is 0 Å². The quantitative estimate of drug-likeness (QED) is 0.632. The van der Waals surface area contributed by atoms with E-state index in [9.17, 15) is 18.0 Å². The monoisotopic (exact) mass is 385 g/mol. The van der Waals surface area contributed by atoms with E-state index < -0.39 is 24.3 Å². The van der Waals surface area contributed by atoms with E-state index in [0.717, 1.165) is 17.7 Å². The molecule has 0 saturated heterocycles. The van der Waals surface area contributed by atoms with Crippen molar-refractivity contribution in [1.29, 1.82) is 0 Å². The van der Waals surface area contributed by atoms with Crippen LogP contribution in [0.15, 0.2) is 60.3 Å². The van der Waals surface area contributed by atoms with Gasteiger partial charge in [0.1, 0.15) is 24.2 Å². The molecule has 0 aliphatic carbocycles. The Morgan fingerprint density at radius 2 is 1.96 bits per heavy atom. The molecule has 1 N–H and O–H groups in total. The fourth-order valence-corrected chi connectivity index (χ4v) is 1.78. The molecule has 1 aromatic carbocycles. The van der Waals surface area contributed by atoms with Crippen molar-refractivity contribution in [3.63, 3.8) is 0 Å². The largest absolute Gasteiger partial charge is 0.573 e. The number of carbonyl (C=O) groups excluding carboxylic acids is 1. The highest BCUT2D eigenvalue weighted by Gasteiger charge is 2.31. The number of alkyl carbamates (subject to hydrolysis) is 1.